The SMILES string of the molecule is CCCN(CCC[Si](OC)(OC)OC)CCN(CCO)CCC[Si](OC)(OC)OC. The van der Waals surface area contributed by atoms with Crippen LogP contribution in [0.25, 0.3) is 0 Å². The van der Waals surface area contributed by atoms with E-state index in [4.69, 9.17) is 26.6 Å². The van der Waals surface area contributed by atoms with Crippen LogP contribution >= 0.6 is 0 Å². The zero-order valence-electron chi connectivity index (χ0n) is 20.3. The molecular formula is C19H46N2O7Si2. The highest BCUT2D eigenvalue weighted by Gasteiger charge is 2.37. The van der Waals surface area contributed by atoms with Crippen molar-refractivity contribution in [1.29, 1.82) is 0 Å². The Balaban J connectivity index is 4.58. The molecule has 0 spiro atoms. The minimum Gasteiger partial charge on any atom is -0.395 e. The lowest BCUT2D eigenvalue weighted by molar-refractivity contribution is 0.117. The monoisotopic (exact) mass is 470 g/mol. The van der Waals surface area contributed by atoms with Gasteiger partial charge in [-0.05, 0) is 38.9 Å². The predicted octanol–water partition coefficient (Wildman–Crippen LogP) is 1.53. The summed E-state index contributed by atoms with van der Waals surface area (Å²) in [6, 6.07) is 1.56. The molecule has 0 aromatic rings. The predicted molar refractivity (Wildman–Crippen MR) is 123 cm³/mol. The summed E-state index contributed by atoms with van der Waals surface area (Å²) >= 11 is 0. The Bertz CT molecular complexity index is 351. The molecule has 0 aliphatic heterocycles. The lowest BCUT2D eigenvalue weighted by Crippen LogP contribution is -2.44. The Morgan fingerprint density at radius 2 is 0.933 bits per heavy atom. The van der Waals surface area contributed by atoms with E-state index >= 15 is 0 Å². The minimum atomic E-state index is -2.54. The Morgan fingerprint density at radius 3 is 1.23 bits per heavy atom. The fourth-order valence-corrected chi connectivity index (χ4v) is 6.97. The molecule has 0 saturated heterocycles. The molecule has 0 aromatic heterocycles. The maximum absolute atomic E-state index is 9.46. The highest BCUT2D eigenvalue weighted by Crippen LogP contribution is 2.16. The van der Waals surface area contributed by atoms with E-state index in [-0.39, 0.29) is 6.61 Å². The van der Waals surface area contributed by atoms with E-state index in [0.29, 0.717) is 6.54 Å². The van der Waals surface area contributed by atoms with Gasteiger partial charge in [-0.15, -0.1) is 0 Å². The van der Waals surface area contributed by atoms with Gasteiger partial charge in [0.15, 0.2) is 0 Å². The van der Waals surface area contributed by atoms with Crippen molar-refractivity contribution in [1.82, 2.24) is 9.80 Å². The van der Waals surface area contributed by atoms with Crippen LogP contribution in [0, 0.1) is 0 Å². The fourth-order valence-electron chi connectivity index (χ4n) is 3.56. The average Bonchev–Trinajstić information content (AvgIpc) is 2.78. The Hall–Kier alpha value is 0.0738. The third-order valence-electron chi connectivity index (χ3n) is 5.47. The molecule has 30 heavy (non-hydrogen) atoms. The van der Waals surface area contributed by atoms with Crippen LogP contribution < -0.4 is 0 Å². The third kappa shape index (κ3) is 11.1. The van der Waals surface area contributed by atoms with Crippen LogP contribution in [0.5, 0.6) is 0 Å². The van der Waals surface area contributed by atoms with Gasteiger partial charge in [0.25, 0.3) is 0 Å². The van der Waals surface area contributed by atoms with Gasteiger partial charge >= 0.3 is 17.6 Å². The zero-order valence-corrected chi connectivity index (χ0v) is 22.3. The van der Waals surface area contributed by atoms with Crippen molar-refractivity contribution in [2.24, 2.45) is 0 Å². The summed E-state index contributed by atoms with van der Waals surface area (Å²) in [7, 11) is 4.84. The van der Waals surface area contributed by atoms with Crippen LogP contribution in [0.3, 0.4) is 0 Å². The summed E-state index contributed by atoms with van der Waals surface area (Å²) in [4.78, 5) is 4.75. The lowest BCUT2D eigenvalue weighted by atomic mass is 10.3. The number of hydrogen-bond acceptors (Lipinski definition) is 9. The van der Waals surface area contributed by atoms with Crippen molar-refractivity contribution in [3.8, 4) is 0 Å². The smallest absolute Gasteiger partial charge is 0.395 e. The van der Waals surface area contributed by atoms with Crippen LogP contribution in [0.4, 0.5) is 0 Å². The summed E-state index contributed by atoms with van der Waals surface area (Å²) in [5.74, 6) is 0. The second-order valence-corrected chi connectivity index (χ2v) is 13.4. The molecule has 9 nitrogen and oxygen atoms in total. The molecule has 0 saturated carbocycles. The van der Waals surface area contributed by atoms with E-state index < -0.39 is 17.6 Å². The Kier molecular flexibility index (Phi) is 17.7. The molecule has 0 radical (unpaired) electrons. The van der Waals surface area contributed by atoms with Gasteiger partial charge in [-0.25, -0.2) is 0 Å². The van der Waals surface area contributed by atoms with Crippen molar-refractivity contribution >= 4 is 17.6 Å². The molecule has 0 heterocycles. The van der Waals surface area contributed by atoms with Crippen LogP contribution in [0.2, 0.25) is 12.1 Å². The molecule has 0 aliphatic carbocycles. The highest BCUT2D eigenvalue weighted by atomic mass is 28.4. The van der Waals surface area contributed by atoms with E-state index in [9.17, 15) is 5.11 Å². The van der Waals surface area contributed by atoms with Crippen LogP contribution in [-0.2, 0) is 26.6 Å². The lowest BCUT2D eigenvalue weighted by Gasteiger charge is -2.29. The summed E-state index contributed by atoms with van der Waals surface area (Å²) < 4.78 is 33.1. The van der Waals surface area contributed by atoms with Crippen LogP contribution in [-0.4, -0.2) is 121 Å². The summed E-state index contributed by atoms with van der Waals surface area (Å²) in [5.41, 5.74) is 0. The highest BCUT2D eigenvalue weighted by molar-refractivity contribution is 6.60. The molecule has 0 aromatic carbocycles. The van der Waals surface area contributed by atoms with Gasteiger partial charge < -0.3 is 36.6 Å². The number of rotatable bonds is 21. The number of aliphatic hydroxyl groups is 1. The standard InChI is InChI=1S/C19H46N2O7Si2/c1-8-11-20(12-9-18-29(23-2,24-3)25-4)14-15-21(16-17-22)13-10-19-30(26-5,27-6)28-7/h22H,8-19H2,1-7H3. The molecule has 0 amide bonds. The van der Waals surface area contributed by atoms with Gasteiger partial charge in [0.05, 0.1) is 6.61 Å². The summed E-state index contributed by atoms with van der Waals surface area (Å²) in [6.45, 7) is 7.76. The van der Waals surface area contributed by atoms with Crippen LogP contribution in [0.15, 0.2) is 0 Å². The van der Waals surface area contributed by atoms with Crippen molar-refractivity contribution in [3.63, 3.8) is 0 Å². The molecule has 182 valence electrons. The van der Waals surface area contributed by atoms with E-state index in [1.54, 1.807) is 42.7 Å². The van der Waals surface area contributed by atoms with Crippen molar-refractivity contribution in [2.75, 3.05) is 88.5 Å². The quantitative estimate of drug-likeness (QED) is 0.251. The molecule has 0 aliphatic rings. The van der Waals surface area contributed by atoms with Gasteiger partial charge in [0, 0.05) is 74.4 Å². The van der Waals surface area contributed by atoms with Gasteiger partial charge in [0.1, 0.15) is 0 Å². The first-order valence-electron chi connectivity index (χ1n) is 10.8. The van der Waals surface area contributed by atoms with Gasteiger partial charge in [-0.3, -0.25) is 4.90 Å². The maximum Gasteiger partial charge on any atom is 0.500 e. The van der Waals surface area contributed by atoms with Gasteiger partial charge in [0.2, 0.25) is 0 Å². The van der Waals surface area contributed by atoms with E-state index in [2.05, 4.69) is 16.7 Å². The fraction of sp³-hybridized carbons (Fsp3) is 1.00. The Morgan fingerprint density at radius 1 is 0.567 bits per heavy atom. The summed E-state index contributed by atoms with van der Waals surface area (Å²) in [5, 5.41) is 9.46. The van der Waals surface area contributed by atoms with Crippen LogP contribution in [0.1, 0.15) is 26.2 Å². The topological polar surface area (TPSA) is 82.1 Å². The second kappa shape index (κ2) is 17.6. The number of hydrogen-bond donors (Lipinski definition) is 1. The van der Waals surface area contributed by atoms with E-state index in [1.165, 1.54) is 0 Å². The molecule has 0 atom stereocenters. The largest absolute Gasteiger partial charge is 0.500 e. The Labute approximate surface area is 186 Å². The molecule has 11 heteroatoms. The summed E-state index contributed by atoms with van der Waals surface area (Å²) in [6.07, 6.45) is 2.97. The maximum atomic E-state index is 9.46. The van der Waals surface area contributed by atoms with Gasteiger partial charge in [-0.2, -0.15) is 0 Å². The van der Waals surface area contributed by atoms with Crippen molar-refractivity contribution < 1.29 is 31.7 Å². The molecule has 0 unspecified atom stereocenters. The third-order valence-corrected chi connectivity index (χ3v) is 11.1. The normalized spacial score (nSPS) is 13.0. The van der Waals surface area contributed by atoms with Crippen molar-refractivity contribution in [3.05, 3.63) is 0 Å². The van der Waals surface area contributed by atoms with Gasteiger partial charge in [-0.1, -0.05) is 6.92 Å². The molecule has 0 bridgehead atoms. The first-order chi connectivity index (χ1) is 14.4. The zero-order chi connectivity index (χ0) is 22.9. The molecule has 0 fully saturated rings. The molecule has 1 N–H and O–H groups in total. The molecule has 0 rings (SSSR count). The average molecular weight is 471 g/mol. The van der Waals surface area contributed by atoms with Crippen molar-refractivity contribution in [2.45, 2.75) is 38.3 Å². The number of aliphatic hydroxyl groups excluding tert-OH is 1. The second-order valence-electron chi connectivity index (χ2n) is 7.20. The molecular weight excluding hydrogens is 424 g/mol. The van der Waals surface area contributed by atoms with E-state index in [1.807, 2.05) is 0 Å². The first kappa shape index (κ1) is 30.1. The van der Waals surface area contributed by atoms with E-state index in [0.717, 1.165) is 64.1 Å². The first-order valence-corrected chi connectivity index (χ1v) is 14.7. The minimum absolute atomic E-state index is 0.152. The number of nitrogens with zero attached hydrogens (tertiary/aromatic N) is 2.